The average Bonchev–Trinajstić information content (AvgIpc) is 2.75. The van der Waals surface area contributed by atoms with Crippen molar-refractivity contribution in [1.82, 2.24) is 10.3 Å². The zero-order valence-electron chi connectivity index (χ0n) is 10.9. The molecule has 0 atom stereocenters. The van der Waals surface area contributed by atoms with E-state index >= 15 is 0 Å². The van der Waals surface area contributed by atoms with Gasteiger partial charge in [0.25, 0.3) is 0 Å². The van der Waals surface area contributed by atoms with E-state index in [4.69, 9.17) is 0 Å². The molecule has 0 saturated carbocycles. The van der Waals surface area contributed by atoms with Crippen LogP contribution in [0.25, 0.3) is 0 Å². The number of aromatic amines is 1. The number of carbonyl (C=O) groups excluding carboxylic acids is 1. The number of aromatic nitrogens is 1. The number of halogens is 1. The number of amides is 1. The van der Waals surface area contributed by atoms with Gasteiger partial charge in [-0.2, -0.15) is 0 Å². The van der Waals surface area contributed by atoms with Crippen molar-refractivity contribution in [2.24, 2.45) is 0 Å². The maximum absolute atomic E-state index is 13.0. The fourth-order valence-electron chi connectivity index (χ4n) is 1.96. The molecule has 0 aliphatic carbocycles. The van der Waals surface area contributed by atoms with Gasteiger partial charge in [0.05, 0.1) is 6.42 Å². The first kappa shape index (κ1) is 13.3. The van der Waals surface area contributed by atoms with Crippen molar-refractivity contribution < 1.29 is 9.18 Å². The first-order chi connectivity index (χ1) is 9.13. The minimum Gasteiger partial charge on any atom is -0.365 e. The highest BCUT2D eigenvalue weighted by Crippen LogP contribution is 2.04. The van der Waals surface area contributed by atoms with Gasteiger partial charge in [0.2, 0.25) is 5.91 Å². The molecule has 0 radical (unpaired) electrons. The van der Waals surface area contributed by atoms with Gasteiger partial charge in [-0.1, -0.05) is 12.1 Å². The predicted octanol–water partition coefficient (Wildman–Crippen LogP) is 2.36. The Morgan fingerprint density at radius 3 is 2.84 bits per heavy atom. The number of aryl methyl sites for hydroxylation is 1. The van der Waals surface area contributed by atoms with E-state index in [1.165, 1.54) is 12.1 Å². The monoisotopic (exact) mass is 260 g/mol. The van der Waals surface area contributed by atoms with E-state index in [1.807, 2.05) is 25.3 Å². The van der Waals surface area contributed by atoms with Gasteiger partial charge in [0.1, 0.15) is 5.82 Å². The molecule has 0 aliphatic heterocycles. The quantitative estimate of drug-likeness (QED) is 0.851. The highest BCUT2D eigenvalue weighted by Gasteiger charge is 2.04. The van der Waals surface area contributed by atoms with Crippen LogP contribution in [0.1, 0.15) is 16.8 Å². The molecule has 2 aromatic rings. The summed E-state index contributed by atoms with van der Waals surface area (Å²) in [7, 11) is 0. The van der Waals surface area contributed by atoms with Crippen molar-refractivity contribution >= 4 is 5.91 Å². The molecule has 2 rings (SSSR count). The highest BCUT2D eigenvalue weighted by atomic mass is 19.1. The normalized spacial score (nSPS) is 10.4. The minimum absolute atomic E-state index is 0.0181. The number of hydrogen-bond donors (Lipinski definition) is 2. The van der Waals surface area contributed by atoms with Crippen LogP contribution in [-0.2, 0) is 17.6 Å². The third-order valence-corrected chi connectivity index (χ3v) is 2.88. The summed E-state index contributed by atoms with van der Waals surface area (Å²) in [5.41, 5.74) is 2.90. The second kappa shape index (κ2) is 6.18. The summed E-state index contributed by atoms with van der Waals surface area (Å²) in [4.78, 5) is 14.7. The molecule has 0 bridgehead atoms. The predicted molar refractivity (Wildman–Crippen MR) is 72.3 cm³/mol. The maximum Gasteiger partial charge on any atom is 0.224 e. The summed E-state index contributed by atoms with van der Waals surface area (Å²) >= 11 is 0. The van der Waals surface area contributed by atoms with E-state index in [2.05, 4.69) is 10.3 Å². The molecule has 4 heteroatoms. The zero-order valence-corrected chi connectivity index (χ0v) is 10.9. The SMILES string of the molecule is Cc1cc(CC(=O)NCCc2cccc(F)c2)c[nH]1. The molecule has 100 valence electrons. The Balaban J connectivity index is 1.75. The molecule has 2 N–H and O–H groups in total. The molecule has 1 aromatic carbocycles. The number of rotatable bonds is 5. The van der Waals surface area contributed by atoms with Crippen LogP contribution in [0.3, 0.4) is 0 Å². The summed E-state index contributed by atoms with van der Waals surface area (Å²) < 4.78 is 13.0. The Labute approximate surface area is 111 Å². The molecule has 3 nitrogen and oxygen atoms in total. The van der Waals surface area contributed by atoms with Crippen LogP contribution < -0.4 is 5.32 Å². The van der Waals surface area contributed by atoms with E-state index in [9.17, 15) is 9.18 Å². The first-order valence-corrected chi connectivity index (χ1v) is 6.28. The number of H-pyrrole nitrogens is 1. The molecule has 0 spiro atoms. The molecule has 19 heavy (non-hydrogen) atoms. The standard InChI is InChI=1S/C15H17FN2O/c1-11-7-13(10-18-11)9-15(19)17-6-5-12-3-2-4-14(16)8-12/h2-4,7-8,10,18H,5-6,9H2,1H3,(H,17,19). The van der Waals surface area contributed by atoms with Crippen molar-refractivity contribution in [3.8, 4) is 0 Å². The van der Waals surface area contributed by atoms with Crippen LogP contribution in [0.15, 0.2) is 36.5 Å². The average molecular weight is 260 g/mol. The third kappa shape index (κ3) is 4.25. The van der Waals surface area contributed by atoms with Gasteiger partial charge in [0, 0.05) is 18.4 Å². The number of benzene rings is 1. The van der Waals surface area contributed by atoms with Crippen LogP contribution in [0.2, 0.25) is 0 Å². The van der Waals surface area contributed by atoms with Gasteiger partial charge in [0.15, 0.2) is 0 Å². The minimum atomic E-state index is -0.244. The van der Waals surface area contributed by atoms with E-state index in [-0.39, 0.29) is 11.7 Å². The second-order valence-electron chi connectivity index (χ2n) is 4.60. The third-order valence-electron chi connectivity index (χ3n) is 2.88. The van der Waals surface area contributed by atoms with Crippen molar-refractivity contribution in [3.05, 3.63) is 59.2 Å². The van der Waals surface area contributed by atoms with Gasteiger partial charge in [-0.25, -0.2) is 4.39 Å². The zero-order chi connectivity index (χ0) is 13.7. The Kier molecular flexibility index (Phi) is 4.34. The Morgan fingerprint density at radius 2 is 2.16 bits per heavy atom. The van der Waals surface area contributed by atoms with Crippen molar-refractivity contribution in [3.63, 3.8) is 0 Å². The first-order valence-electron chi connectivity index (χ1n) is 6.28. The molecule has 0 saturated heterocycles. The molecule has 1 amide bonds. The van der Waals surface area contributed by atoms with Crippen LogP contribution in [0.5, 0.6) is 0 Å². The maximum atomic E-state index is 13.0. The lowest BCUT2D eigenvalue weighted by Gasteiger charge is -2.04. The summed E-state index contributed by atoms with van der Waals surface area (Å²) in [5, 5.41) is 2.83. The Bertz CT molecular complexity index is 563. The number of nitrogens with one attached hydrogen (secondary N) is 2. The molecule has 0 unspecified atom stereocenters. The molecule has 0 fully saturated rings. The van der Waals surface area contributed by atoms with Crippen molar-refractivity contribution in [1.29, 1.82) is 0 Å². The van der Waals surface area contributed by atoms with Gasteiger partial charge in [-0.05, 0) is 42.7 Å². The van der Waals surface area contributed by atoms with E-state index in [1.54, 1.807) is 6.07 Å². The largest absolute Gasteiger partial charge is 0.365 e. The van der Waals surface area contributed by atoms with E-state index < -0.39 is 0 Å². The van der Waals surface area contributed by atoms with Crippen LogP contribution in [0, 0.1) is 12.7 Å². The number of carbonyl (C=O) groups is 1. The lowest BCUT2D eigenvalue weighted by Crippen LogP contribution is -2.27. The molecule has 1 heterocycles. The second-order valence-corrected chi connectivity index (χ2v) is 4.60. The number of hydrogen-bond acceptors (Lipinski definition) is 1. The van der Waals surface area contributed by atoms with Crippen molar-refractivity contribution in [2.45, 2.75) is 19.8 Å². The summed E-state index contributed by atoms with van der Waals surface area (Å²) in [6.07, 6.45) is 2.84. The topological polar surface area (TPSA) is 44.9 Å². The van der Waals surface area contributed by atoms with Crippen LogP contribution in [0.4, 0.5) is 4.39 Å². The Hall–Kier alpha value is -2.10. The summed E-state index contributed by atoms with van der Waals surface area (Å²) in [5.74, 6) is -0.262. The van der Waals surface area contributed by atoms with Crippen LogP contribution in [-0.4, -0.2) is 17.4 Å². The highest BCUT2D eigenvalue weighted by molar-refractivity contribution is 5.78. The fourth-order valence-corrected chi connectivity index (χ4v) is 1.96. The lowest BCUT2D eigenvalue weighted by atomic mass is 10.1. The van der Waals surface area contributed by atoms with Gasteiger partial charge >= 0.3 is 0 Å². The molecular formula is C15H17FN2O. The van der Waals surface area contributed by atoms with Gasteiger partial charge < -0.3 is 10.3 Å². The summed E-state index contributed by atoms with van der Waals surface area (Å²) in [6.45, 7) is 2.47. The lowest BCUT2D eigenvalue weighted by molar-refractivity contribution is -0.120. The summed E-state index contributed by atoms with van der Waals surface area (Å²) in [6, 6.07) is 8.38. The van der Waals surface area contributed by atoms with Crippen LogP contribution >= 0.6 is 0 Å². The van der Waals surface area contributed by atoms with E-state index in [0.29, 0.717) is 19.4 Å². The molecule has 0 aliphatic rings. The van der Waals surface area contributed by atoms with E-state index in [0.717, 1.165) is 16.8 Å². The smallest absolute Gasteiger partial charge is 0.224 e. The Morgan fingerprint density at radius 1 is 1.32 bits per heavy atom. The molecular weight excluding hydrogens is 243 g/mol. The fraction of sp³-hybridized carbons (Fsp3) is 0.267. The van der Waals surface area contributed by atoms with Crippen molar-refractivity contribution in [2.75, 3.05) is 6.54 Å². The van der Waals surface area contributed by atoms with Gasteiger partial charge in [-0.3, -0.25) is 4.79 Å². The molecule has 1 aromatic heterocycles. The van der Waals surface area contributed by atoms with Gasteiger partial charge in [-0.15, -0.1) is 0 Å².